The molecule has 7 heteroatoms. The Kier molecular flexibility index (Phi) is 4.78. The van der Waals surface area contributed by atoms with E-state index in [9.17, 15) is 14.7 Å². The molecule has 0 saturated heterocycles. The Morgan fingerprint density at radius 1 is 1.14 bits per heavy atom. The molecule has 0 spiro atoms. The summed E-state index contributed by atoms with van der Waals surface area (Å²) in [6, 6.07) is 17.2. The van der Waals surface area contributed by atoms with Gasteiger partial charge in [0, 0.05) is 5.56 Å². The largest absolute Gasteiger partial charge is 0.478 e. The van der Waals surface area contributed by atoms with E-state index in [4.69, 9.17) is 16.0 Å². The van der Waals surface area contributed by atoms with Gasteiger partial charge in [-0.05, 0) is 55.5 Å². The number of rotatable bonds is 4. The van der Waals surface area contributed by atoms with Crippen LogP contribution in [0.1, 0.15) is 23.0 Å². The summed E-state index contributed by atoms with van der Waals surface area (Å²) in [7, 11) is 0. The van der Waals surface area contributed by atoms with Crippen LogP contribution in [0.5, 0.6) is 0 Å². The van der Waals surface area contributed by atoms with Crippen LogP contribution < -0.4 is 5.01 Å². The molecule has 2 aromatic carbocycles. The molecule has 4 rings (SSSR count). The first kappa shape index (κ1) is 18.7. The molecule has 0 aliphatic carbocycles. The van der Waals surface area contributed by atoms with E-state index in [1.165, 1.54) is 17.1 Å². The number of carboxylic acid groups (broad SMARTS) is 1. The fourth-order valence-corrected chi connectivity index (χ4v) is 3.20. The number of hydrogen-bond donors (Lipinski definition) is 1. The molecule has 6 nitrogen and oxygen atoms in total. The third-order valence-corrected chi connectivity index (χ3v) is 4.79. The van der Waals surface area contributed by atoms with E-state index in [0.717, 1.165) is 0 Å². The van der Waals surface area contributed by atoms with Crippen molar-refractivity contribution in [2.75, 3.05) is 5.01 Å². The first-order valence-corrected chi connectivity index (χ1v) is 9.11. The normalized spacial score (nSPS) is 15.1. The number of amides is 1. The minimum absolute atomic E-state index is 0.00655. The summed E-state index contributed by atoms with van der Waals surface area (Å²) in [5, 5.41) is 15.1. The number of benzene rings is 2. The van der Waals surface area contributed by atoms with E-state index < -0.39 is 5.97 Å². The number of carboxylic acids is 1. The molecule has 1 amide bonds. The Morgan fingerprint density at radius 2 is 1.90 bits per heavy atom. The first-order valence-electron chi connectivity index (χ1n) is 8.74. The van der Waals surface area contributed by atoms with E-state index in [0.29, 0.717) is 34.1 Å². The summed E-state index contributed by atoms with van der Waals surface area (Å²) in [6.07, 6.45) is 1.63. The van der Waals surface area contributed by atoms with E-state index in [1.807, 2.05) is 30.3 Å². The second-order valence-electron chi connectivity index (χ2n) is 6.40. The molecule has 0 saturated carbocycles. The maximum absolute atomic E-state index is 12.8. The van der Waals surface area contributed by atoms with Crippen LogP contribution in [0.4, 0.5) is 5.69 Å². The molecular formula is C22H15ClN2O4. The fourth-order valence-electron chi connectivity index (χ4n) is 3.00. The maximum Gasteiger partial charge on any atom is 0.337 e. The van der Waals surface area contributed by atoms with E-state index in [2.05, 4.69) is 5.10 Å². The van der Waals surface area contributed by atoms with Crippen LogP contribution in [0, 0.1) is 0 Å². The van der Waals surface area contributed by atoms with Crippen molar-refractivity contribution in [3.8, 4) is 11.3 Å². The SMILES string of the molecule is CC1=NN(c2ccccc2)C(=O)/C1=C/c1ccc(-c2ccc(Cl)c(C(=O)O)c2)o1. The number of anilines is 1. The Morgan fingerprint density at radius 3 is 2.62 bits per heavy atom. The summed E-state index contributed by atoms with van der Waals surface area (Å²) in [5.74, 6) is -0.433. The number of nitrogens with zero attached hydrogens (tertiary/aromatic N) is 2. The highest BCUT2D eigenvalue weighted by Crippen LogP contribution is 2.29. The number of para-hydroxylation sites is 1. The van der Waals surface area contributed by atoms with Crippen molar-refractivity contribution < 1.29 is 19.1 Å². The molecule has 0 radical (unpaired) electrons. The summed E-state index contributed by atoms with van der Waals surface area (Å²) in [4.78, 5) is 24.1. The van der Waals surface area contributed by atoms with Crippen molar-refractivity contribution in [3.05, 3.63) is 82.6 Å². The van der Waals surface area contributed by atoms with E-state index >= 15 is 0 Å². The van der Waals surface area contributed by atoms with Crippen molar-refractivity contribution in [3.63, 3.8) is 0 Å². The highest BCUT2D eigenvalue weighted by Gasteiger charge is 2.29. The summed E-state index contributed by atoms with van der Waals surface area (Å²) in [5.41, 5.74) is 2.26. The minimum atomic E-state index is -1.12. The second-order valence-corrected chi connectivity index (χ2v) is 6.80. The third kappa shape index (κ3) is 3.58. The maximum atomic E-state index is 12.8. The van der Waals surface area contributed by atoms with Gasteiger partial charge < -0.3 is 9.52 Å². The Labute approximate surface area is 171 Å². The molecule has 1 aromatic heterocycles. The molecule has 0 atom stereocenters. The highest BCUT2D eigenvalue weighted by molar-refractivity contribution is 6.33. The predicted octanol–water partition coefficient (Wildman–Crippen LogP) is 5.10. The molecule has 1 aliphatic rings. The molecule has 1 N–H and O–H groups in total. The molecule has 2 heterocycles. The van der Waals surface area contributed by atoms with Gasteiger partial charge in [0.2, 0.25) is 0 Å². The minimum Gasteiger partial charge on any atom is -0.478 e. The van der Waals surface area contributed by atoms with Gasteiger partial charge in [0.15, 0.2) is 0 Å². The Balaban J connectivity index is 1.63. The van der Waals surface area contributed by atoms with Crippen LogP contribution in [0.25, 0.3) is 17.4 Å². The van der Waals surface area contributed by atoms with Gasteiger partial charge in [0.25, 0.3) is 5.91 Å². The summed E-state index contributed by atoms with van der Waals surface area (Å²) >= 11 is 5.92. The van der Waals surface area contributed by atoms with Gasteiger partial charge in [-0.25, -0.2) is 4.79 Å². The number of carbonyl (C=O) groups is 2. The number of halogens is 1. The molecule has 144 valence electrons. The molecule has 0 fully saturated rings. The number of aromatic carboxylic acids is 1. The van der Waals surface area contributed by atoms with E-state index in [-0.39, 0.29) is 16.5 Å². The molecule has 0 bridgehead atoms. The number of furan rings is 1. The van der Waals surface area contributed by atoms with Crippen molar-refractivity contribution in [1.82, 2.24) is 0 Å². The van der Waals surface area contributed by atoms with Crippen LogP contribution >= 0.6 is 11.6 Å². The van der Waals surface area contributed by atoms with Crippen molar-refractivity contribution in [1.29, 1.82) is 0 Å². The lowest BCUT2D eigenvalue weighted by Crippen LogP contribution is -2.21. The fraction of sp³-hybridized carbons (Fsp3) is 0.0455. The first-order chi connectivity index (χ1) is 13.9. The highest BCUT2D eigenvalue weighted by atomic mass is 35.5. The van der Waals surface area contributed by atoms with Gasteiger partial charge in [-0.15, -0.1) is 0 Å². The average molecular weight is 407 g/mol. The van der Waals surface area contributed by atoms with Crippen LogP contribution in [-0.4, -0.2) is 22.7 Å². The van der Waals surface area contributed by atoms with Crippen LogP contribution in [0.2, 0.25) is 5.02 Å². The van der Waals surface area contributed by atoms with Gasteiger partial charge in [-0.3, -0.25) is 4.79 Å². The van der Waals surface area contributed by atoms with E-state index in [1.54, 1.807) is 31.2 Å². The summed E-state index contributed by atoms with van der Waals surface area (Å²) in [6.45, 7) is 1.76. The number of hydrazone groups is 1. The van der Waals surface area contributed by atoms with Crippen LogP contribution in [-0.2, 0) is 4.79 Å². The molecule has 0 unspecified atom stereocenters. The molecule has 1 aliphatic heterocycles. The Bertz CT molecular complexity index is 1180. The topological polar surface area (TPSA) is 83.1 Å². The lowest BCUT2D eigenvalue weighted by atomic mass is 10.1. The number of hydrogen-bond acceptors (Lipinski definition) is 4. The monoisotopic (exact) mass is 406 g/mol. The second kappa shape index (κ2) is 7.41. The van der Waals surface area contributed by atoms with Crippen molar-refractivity contribution in [2.45, 2.75) is 6.92 Å². The molecule has 3 aromatic rings. The van der Waals surface area contributed by atoms with Crippen LogP contribution in [0.15, 0.2) is 75.8 Å². The lowest BCUT2D eigenvalue weighted by molar-refractivity contribution is -0.114. The van der Waals surface area contributed by atoms with Gasteiger partial charge in [-0.1, -0.05) is 29.8 Å². The molecule has 29 heavy (non-hydrogen) atoms. The van der Waals surface area contributed by atoms with Crippen molar-refractivity contribution in [2.24, 2.45) is 5.10 Å². The zero-order chi connectivity index (χ0) is 20.5. The Hall–Kier alpha value is -3.64. The smallest absolute Gasteiger partial charge is 0.337 e. The van der Waals surface area contributed by atoms with Crippen LogP contribution in [0.3, 0.4) is 0 Å². The predicted molar refractivity (Wildman–Crippen MR) is 111 cm³/mol. The van der Waals surface area contributed by atoms with Crippen molar-refractivity contribution >= 4 is 41.0 Å². The average Bonchev–Trinajstić information content (AvgIpc) is 3.29. The summed E-state index contributed by atoms with van der Waals surface area (Å²) < 4.78 is 5.81. The van der Waals surface area contributed by atoms with Gasteiger partial charge in [-0.2, -0.15) is 10.1 Å². The number of carbonyl (C=O) groups excluding carboxylic acids is 1. The third-order valence-electron chi connectivity index (χ3n) is 4.46. The van der Waals surface area contributed by atoms with Gasteiger partial charge >= 0.3 is 5.97 Å². The standard InChI is InChI=1S/C22H15ClN2O4/c1-13-17(21(26)25(24-13)15-5-3-2-4-6-15)12-16-8-10-20(29-16)14-7-9-19(23)18(11-14)22(27)28/h2-12H,1H3,(H,27,28)/b17-12+. The van der Waals surface area contributed by atoms with Gasteiger partial charge in [0.05, 0.1) is 27.6 Å². The lowest BCUT2D eigenvalue weighted by Gasteiger charge is -2.10. The quantitative estimate of drug-likeness (QED) is 0.610. The zero-order valence-corrected chi connectivity index (χ0v) is 16.1. The van der Waals surface area contributed by atoms with Gasteiger partial charge in [0.1, 0.15) is 11.5 Å². The molecular weight excluding hydrogens is 392 g/mol. The zero-order valence-electron chi connectivity index (χ0n) is 15.3.